The largest absolute Gasteiger partial charge is 0.467 e. The van der Waals surface area contributed by atoms with Crippen molar-refractivity contribution in [2.75, 3.05) is 11.5 Å². The highest BCUT2D eigenvalue weighted by atomic mass is 16.3. The Balaban J connectivity index is 1.66. The van der Waals surface area contributed by atoms with E-state index in [1.807, 2.05) is 12.1 Å². The molecule has 2 aromatic heterocycles. The predicted molar refractivity (Wildman–Crippen MR) is 103 cm³/mol. The van der Waals surface area contributed by atoms with Gasteiger partial charge in [0.2, 0.25) is 5.95 Å². The van der Waals surface area contributed by atoms with Crippen molar-refractivity contribution >= 4 is 5.95 Å². The van der Waals surface area contributed by atoms with E-state index in [9.17, 15) is 5.11 Å². The van der Waals surface area contributed by atoms with Gasteiger partial charge < -0.3 is 14.4 Å². The van der Waals surface area contributed by atoms with Crippen molar-refractivity contribution in [3.63, 3.8) is 0 Å². The minimum Gasteiger partial charge on any atom is -0.467 e. The third-order valence-electron chi connectivity index (χ3n) is 4.95. The first-order valence-electron chi connectivity index (χ1n) is 9.58. The molecule has 0 saturated heterocycles. The molecule has 27 heavy (non-hydrogen) atoms. The summed E-state index contributed by atoms with van der Waals surface area (Å²) >= 11 is 0. The molecule has 6 heteroatoms. The Hall–Kier alpha value is -2.60. The first-order chi connectivity index (χ1) is 13.2. The number of rotatable bonds is 9. The molecule has 0 amide bonds. The molecule has 0 aliphatic heterocycles. The quantitative estimate of drug-likeness (QED) is 0.629. The molecule has 3 aromatic rings. The van der Waals surface area contributed by atoms with Gasteiger partial charge in [-0.3, -0.25) is 4.57 Å². The molecule has 1 saturated carbocycles. The molecule has 0 atom stereocenters. The lowest BCUT2D eigenvalue weighted by molar-refractivity contribution is 0.294. The van der Waals surface area contributed by atoms with E-state index in [-0.39, 0.29) is 6.61 Å². The maximum atomic E-state index is 9.41. The molecule has 0 unspecified atom stereocenters. The fourth-order valence-electron chi connectivity index (χ4n) is 3.41. The van der Waals surface area contributed by atoms with Crippen molar-refractivity contribution in [3.05, 3.63) is 65.4 Å². The van der Waals surface area contributed by atoms with Crippen LogP contribution in [0.2, 0.25) is 0 Å². The average molecular weight is 366 g/mol. The fourth-order valence-corrected chi connectivity index (χ4v) is 3.41. The van der Waals surface area contributed by atoms with Crippen LogP contribution >= 0.6 is 0 Å². The molecule has 0 spiro atoms. The van der Waals surface area contributed by atoms with Crippen LogP contribution in [0.25, 0.3) is 0 Å². The predicted octanol–water partition coefficient (Wildman–Crippen LogP) is 3.33. The second kappa shape index (κ2) is 7.96. The van der Waals surface area contributed by atoms with Gasteiger partial charge in [0.05, 0.1) is 19.4 Å². The SMILES string of the molecule is Cc1cccc(CN(Cc2ccco2)c2nnc(CCO)n2CC2CC2)c1. The number of nitrogens with zero attached hydrogens (tertiary/aromatic N) is 4. The number of hydrogen-bond acceptors (Lipinski definition) is 5. The molecule has 1 aromatic carbocycles. The summed E-state index contributed by atoms with van der Waals surface area (Å²) in [7, 11) is 0. The smallest absolute Gasteiger partial charge is 0.227 e. The Morgan fingerprint density at radius 2 is 2.07 bits per heavy atom. The summed E-state index contributed by atoms with van der Waals surface area (Å²) in [5.41, 5.74) is 2.47. The maximum absolute atomic E-state index is 9.41. The van der Waals surface area contributed by atoms with Crippen molar-refractivity contribution in [2.24, 2.45) is 5.92 Å². The van der Waals surface area contributed by atoms with Gasteiger partial charge in [-0.25, -0.2) is 0 Å². The molecular weight excluding hydrogens is 340 g/mol. The summed E-state index contributed by atoms with van der Waals surface area (Å²) < 4.78 is 7.78. The number of hydrogen-bond donors (Lipinski definition) is 1. The topological polar surface area (TPSA) is 67.3 Å². The van der Waals surface area contributed by atoms with Gasteiger partial charge in [0.15, 0.2) is 0 Å². The van der Waals surface area contributed by atoms with E-state index in [1.54, 1.807) is 6.26 Å². The van der Waals surface area contributed by atoms with Crippen molar-refractivity contribution < 1.29 is 9.52 Å². The molecule has 1 aliphatic rings. The van der Waals surface area contributed by atoms with Gasteiger partial charge in [0, 0.05) is 19.5 Å². The molecule has 4 rings (SSSR count). The van der Waals surface area contributed by atoms with E-state index < -0.39 is 0 Å². The summed E-state index contributed by atoms with van der Waals surface area (Å²) in [6.45, 7) is 4.46. The number of anilines is 1. The summed E-state index contributed by atoms with van der Waals surface area (Å²) in [6, 6.07) is 12.4. The Morgan fingerprint density at radius 3 is 2.78 bits per heavy atom. The Labute approximate surface area is 159 Å². The Morgan fingerprint density at radius 1 is 1.19 bits per heavy atom. The van der Waals surface area contributed by atoms with Crippen molar-refractivity contribution in [2.45, 2.75) is 45.8 Å². The van der Waals surface area contributed by atoms with Gasteiger partial charge in [-0.2, -0.15) is 0 Å². The van der Waals surface area contributed by atoms with Crippen LogP contribution in [0.15, 0.2) is 47.1 Å². The lowest BCUT2D eigenvalue weighted by Crippen LogP contribution is -2.26. The highest BCUT2D eigenvalue weighted by Crippen LogP contribution is 2.33. The van der Waals surface area contributed by atoms with E-state index in [0.29, 0.717) is 18.9 Å². The Bertz CT molecular complexity index is 868. The second-order valence-corrected chi connectivity index (χ2v) is 7.37. The number of aromatic nitrogens is 3. The van der Waals surface area contributed by atoms with E-state index >= 15 is 0 Å². The van der Waals surface area contributed by atoms with E-state index in [2.05, 4.69) is 50.9 Å². The average Bonchev–Trinajstić information content (AvgIpc) is 3.16. The van der Waals surface area contributed by atoms with Gasteiger partial charge in [-0.15, -0.1) is 10.2 Å². The van der Waals surface area contributed by atoms with Crippen LogP contribution in [-0.4, -0.2) is 26.5 Å². The summed E-state index contributed by atoms with van der Waals surface area (Å²) in [4.78, 5) is 2.21. The highest BCUT2D eigenvalue weighted by molar-refractivity contribution is 5.35. The molecule has 0 bridgehead atoms. The van der Waals surface area contributed by atoms with Crippen LogP contribution < -0.4 is 4.90 Å². The van der Waals surface area contributed by atoms with Crippen molar-refractivity contribution in [1.29, 1.82) is 0 Å². The molecule has 1 N–H and O–H groups in total. The highest BCUT2D eigenvalue weighted by Gasteiger charge is 2.27. The van der Waals surface area contributed by atoms with Crippen LogP contribution in [0, 0.1) is 12.8 Å². The molecular formula is C21H26N4O2. The van der Waals surface area contributed by atoms with Crippen LogP contribution in [0.5, 0.6) is 0 Å². The van der Waals surface area contributed by atoms with E-state index in [0.717, 1.165) is 30.6 Å². The monoisotopic (exact) mass is 366 g/mol. The molecule has 1 fully saturated rings. The molecule has 1 aliphatic carbocycles. The number of furan rings is 1. The minimum atomic E-state index is 0.0822. The molecule has 6 nitrogen and oxygen atoms in total. The number of aryl methyl sites for hydroxylation is 1. The lowest BCUT2D eigenvalue weighted by Gasteiger charge is -2.24. The van der Waals surface area contributed by atoms with E-state index in [1.165, 1.54) is 24.0 Å². The van der Waals surface area contributed by atoms with Gasteiger partial charge in [0.25, 0.3) is 0 Å². The van der Waals surface area contributed by atoms with Crippen molar-refractivity contribution in [3.8, 4) is 0 Å². The third-order valence-corrected chi connectivity index (χ3v) is 4.95. The van der Waals surface area contributed by atoms with Gasteiger partial charge >= 0.3 is 0 Å². The third kappa shape index (κ3) is 4.39. The molecule has 2 heterocycles. The van der Waals surface area contributed by atoms with Gasteiger partial charge in [-0.1, -0.05) is 29.8 Å². The summed E-state index contributed by atoms with van der Waals surface area (Å²) in [5.74, 6) is 3.30. The Kier molecular flexibility index (Phi) is 5.25. The maximum Gasteiger partial charge on any atom is 0.227 e. The van der Waals surface area contributed by atoms with Crippen LogP contribution in [0.3, 0.4) is 0 Å². The van der Waals surface area contributed by atoms with Crippen LogP contribution in [0.4, 0.5) is 5.95 Å². The minimum absolute atomic E-state index is 0.0822. The number of aliphatic hydroxyl groups excluding tert-OH is 1. The van der Waals surface area contributed by atoms with Crippen LogP contribution in [-0.2, 0) is 26.1 Å². The zero-order chi connectivity index (χ0) is 18.6. The van der Waals surface area contributed by atoms with E-state index in [4.69, 9.17) is 4.42 Å². The van der Waals surface area contributed by atoms with Crippen LogP contribution in [0.1, 0.15) is 35.6 Å². The fraction of sp³-hybridized carbons (Fsp3) is 0.429. The zero-order valence-electron chi connectivity index (χ0n) is 15.7. The molecule has 0 radical (unpaired) electrons. The second-order valence-electron chi connectivity index (χ2n) is 7.37. The first kappa shape index (κ1) is 17.8. The number of benzene rings is 1. The summed E-state index contributed by atoms with van der Waals surface area (Å²) in [5, 5.41) is 18.3. The number of aliphatic hydroxyl groups is 1. The van der Waals surface area contributed by atoms with Crippen molar-refractivity contribution in [1.82, 2.24) is 14.8 Å². The normalized spacial score (nSPS) is 13.9. The van der Waals surface area contributed by atoms with Gasteiger partial charge in [0.1, 0.15) is 11.6 Å². The molecule has 142 valence electrons. The summed E-state index contributed by atoms with van der Waals surface area (Å²) in [6.07, 6.45) is 4.74. The standard InChI is InChI=1S/C21H26N4O2/c1-16-4-2-5-18(12-16)13-24(15-19-6-3-11-27-19)21-23-22-20(9-10-26)25(21)14-17-7-8-17/h2-6,11-12,17,26H,7-10,13-15H2,1H3. The zero-order valence-corrected chi connectivity index (χ0v) is 15.7. The van der Waals surface area contributed by atoms with Gasteiger partial charge in [-0.05, 0) is 43.4 Å². The first-order valence-corrected chi connectivity index (χ1v) is 9.58. The lowest BCUT2D eigenvalue weighted by atomic mass is 10.1.